The monoisotopic (exact) mass is 397 g/mol. The van der Waals surface area contributed by atoms with Gasteiger partial charge in [-0.25, -0.2) is 9.37 Å². The molecule has 1 aromatic heterocycles. The number of hydrogen-bond donors (Lipinski definition) is 0. The van der Waals surface area contributed by atoms with Crippen LogP contribution in [-0.2, 0) is 6.54 Å². The molecule has 5 nitrogen and oxygen atoms in total. The minimum Gasteiger partial charge on any atom is -0.497 e. The Hall–Kier alpha value is -3.30. The number of pyridine rings is 1. The highest BCUT2D eigenvalue weighted by Gasteiger charge is 2.20. The molecule has 142 valence electrons. The minimum atomic E-state index is -0.641. The Labute approximate surface area is 167 Å². The van der Waals surface area contributed by atoms with Gasteiger partial charge in [-0.05, 0) is 30.3 Å². The molecule has 0 fully saturated rings. The molecule has 28 heavy (non-hydrogen) atoms. The Bertz CT molecular complexity index is 1020. The second-order valence-corrected chi connectivity index (χ2v) is 6.20. The number of para-hydroxylation sites is 1. The first-order valence-electron chi connectivity index (χ1n) is 8.37. The van der Waals surface area contributed by atoms with Gasteiger partial charge in [0.2, 0.25) is 0 Å². The normalized spacial score (nSPS) is 10.2. The van der Waals surface area contributed by atoms with Crippen molar-refractivity contribution in [3.8, 4) is 17.6 Å². The van der Waals surface area contributed by atoms with Crippen LogP contribution in [-0.4, -0.2) is 19.2 Å². The van der Waals surface area contributed by atoms with Crippen LogP contribution in [0.25, 0.3) is 0 Å². The summed E-state index contributed by atoms with van der Waals surface area (Å²) in [7, 11) is 3.13. The average Bonchev–Trinajstić information content (AvgIpc) is 2.74. The van der Waals surface area contributed by atoms with Crippen molar-refractivity contribution in [2.75, 3.05) is 19.1 Å². The third-order valence-electron chi connectivity index (χ3n) is 4.18. The summed E-state index contributed by atoms with van der Waals surface area (Å²) >= 11 is 6.07. The van der Waals surface area contributed by atoms with E-state index < -0.39 is 5.82 Å². The van der Waals surface area contributed by atoms with E-state index in [0.717, 1.165) is 11.6 Å². The lowest BCUT2D eigenvalue weighted by atomic mass is 10.1. The van der Waals surface area contributed by atoms with Gasteiger partial charge in [0.1, 0.15) is 22.7 Å². The summed E-state index contributed by atoms with van der Waals surface area (Å²) < 4.78 is 25.5. The van der Waals surface area contributed by atoms with E-state index in [4.69, 9.17) is 26.3 Å². The molecule has 0 saturated heterocycles. The molecular formula is C21H17ClFN3O2. The highest BCUT2D eigenvalue weighted by Crippen LogP contribution is 2.33. The third-order valence-corrected chi connectivity index (χ3v) is 4.47. The minimum absolute atomic E-state index is 0.0158. The van der Waals surface area contributed by atoms with Gasteiger partial charge < -0.3 is 14.4 Å². The maximum atomic E-state index is 14.8. The smallest absolute Gasteiger partial charge is 0.171 e. The number of rotatable bonds is 6. The topological polar surface area (TPSA) is 58.4 Å². The second-order valence-electron chi connectivity index (χ2n) is 5.84. The van der Waals surface area contributed by atoms with E-state index in [1.165, 1.54) is 0 Å². The number of nitriles is 1. The van der Waals surface area contributed by atoms with Gasteiger partial charge in [-0.15, -0.1) is 0 Å². The maximum absolute atomic E-state index is 14.8. The molecule has 0 saturated carbocycles. The number of nitrogens with zero attached hydrogens (tertiary/aromatic N) is 3. The van der Waals surface area contributed by atoms with Gasteiger partial charge in [0.05, 0.1) is 26.3 Å². The highest BCUT2D eigenvalue weighted by molar-refractivity contribution is 6.30. The van der Waals surface area contributed by atoms with E-state index in [9.17, 15) is 4.39 Å². The largest absolute Gasteiger partial charge is 0.497 e. The van der Waals surface area contributed by atoms with Gasteiger partial charge in [-0.2, -0.15) is 5.26 Å². The Balaban J connectivity index is 2.10. The van der Waals surface area contributed by atoms with Crippen LogP contribution in [0.5, 0.6) is 11.5 Å². The van der Waals surface area contributed by atoms with Crippen molar-refractivity contribution < 1.29 is 13.9 Å². The molecule has 0 spiro atoms. The molecule has 0 aliphatic heterocycles. The van der Waals surface area contributed by atoms with Crippen LogP contribution >= 0.6 is 11.6 Å². The fraction of sp³-hybridized carbons (Fsp3) is 0.143. The number of benzene rings is 2. The van der Waals surface area contributed by atoms with Crippen LogP contribution < -0.4 is 14.4 Å². The summed E-state index contributed by atoms with van der Waals surface area (Å²) in [6, 6.07) is 17.6. The molecule has 0 aliphatic carbocycles. The molecule has 7 heteroatoms. The number of methoxy groups -OCH3 is 2. The first kappa shape index (κ1) is 19.5. The molecule has 0 amide bonds. The van der Waals surface area contributed by atoms with Crippen molar-refractivity contribution in [2.45, 2.75) is 6.54 Å². The zero-order chi connectivity index (χ0) is 20.1. The summed E-state index contributed by atoms with van der Waals surface area (Å²) in [6.45, 7) is 0.267. The number of hydrogen-bond acceptors (Lipinski definition) is 5. The Morgan fingerprint density at radius 1 is 1.11 bits per heavy atom. The van der Waals surface area contributed by atoms with E-state index in [1.807, 2.05) is 42.5 Å². The van der Waals surface area contributed by atoms with Crippen LogP contribution in [0.4, 0.5) is 15.9 Å². The van der Waals surface area contributed by atoms with Crippen molar-refractivity contribution in [1.82, 2.24) is 4.98 Å². The number of anilines is 2. The van der Waals surface area contributed by atoms with Crippen LogP contribution in [0.15, 0.2) is 54.6 Å². The Kier molecular flexibility index (Phi) is 5.97. The van der Waals surface area contributed by atoms with E-state index >= 15 is 0 Å². The quantitative estimate of drug-likeness (QED) is 0.541. The molecule has 0 bridgehead atoms. The van der Waals surface area contributed by atoms with Gasteiger partial charge in [0.25, 0.3) is 0 Å². The number of aromatic nitrogens is 1. The van der Waals surface area contributed by atoms with Gasteiger partial charge >= 0.3 is 0 Å². The first-order chi connectivity index (χ1) is 13.6. The van der Waals surface area contributed by atoms with Crippen molar-refractivity contribution >= 4 is 23.1 Å². The molecular weight excluding hydrogens is 381 g/mol. The second kappa shape index (κ2) is 8.59. The predicted octanol–water partition coefficient (Wildman–Crippen LogP) is 5.10. The zero-order valence-corrected chi connectivity index (χ0v) is 16.1. The lowest BCUT2D eigenvalue weighted by Gasteiger charge is -2.25. The third kappa shape index (κ3) is 4.00. The molecule has 1 heterocycles. The number of halogens is 2. The predicted molar refractivity (Wildman–Crippen MR) is 106 cm³/mol. The lowest BCUT2D eigenvalue weighted by molar-refractivity contribution is 0.391. The molecule has 3 rings (SSSR count). The summed E-state index contributed by atoms with van der Waals surface area (Å²) in [6.07, 6.45) is 0. The van der Waals surface area contributed by atoms with Crippen LogP contribution in [0, 0.1) is 17.1 Å². The van der Waals surface area contributed by atoms with Gasteiger partial charge in [-0.3, -0.25) is 0 Å². The standard InChI is InChI=1S/C21H17ClFN3O2/c1-27-17-9-8-14(19(11-17)28-2)13-26(16-6-4-3-5-7-16)21-18(23)10-15(12-24)20(22)25-21/h3-11H,13H2,1-2H3. The molecule has 3 aromatic rings. The summed E-state index contributed by atoms with van der Waals surface area (Å²) in [5.74, 6) is 0.628. The van der Waals surface area contributed by atoms with Crippen LogP contribution in [0.3, 0.4) is 0 Å². The first-order valence-corrected chi connectivity index (χ1v) is 8.74. The summed E-state index contributed by atoms with van der Waals surface area (Å²) in [5, 5.41) is 9.01. The number of ether oxygens (including phenoxy) is 2. The molecule has 2 aromatic carbocycles. The molecule has 0 N–H and O–H groups in total. The van der Waals surface area contributed by atoms with Crippen molar-refractivity contribution in [3.63, 3.8) is 0 Å². The van der Waals surface area contributed by atoms with Crippen molar-refractivity contribution in [1.29, 1.82) is 5.26 Å². The van der Waals surface area contributed by atoms with Gasteiger partial charge in [0.15, 0.2) is 11.6 Å². The van der Waals surface area contributed by atoms with Crippen LogP contribution in [0.1, 0.15) is 11.1 Å². The highest BCUT2D eigenvalue weighted by atomic mass is 35.5. The van der Waals surface area contributed by atoms with Gasteiger partial charge in [0, 0.05) is 17.3 Å². The maximum Gasteiger partial charge on any atom is 0.171 e. The fourth-order valence-electron chi connectivity index (χ4n) is 2.77. The van der Waals surface area contributed by atoms with Gasteiger partial charge in [-0.1, -0.05) is 29.8 Å². The van der Waals surface area contributed by atoms with E-state index in [1.54, 1.807) is 31.3 Å². The molecule has 0 unspecified atom stereocenters. The summed E-state index contributed by atoms with van der Waals surface area (Å²) in [5.41, 5.74) is 1.50. The summed E-state index contributed by atoms with van der Waals surface area (Å²) in [4.78, 5) is 5.81. The van der Waals surface area contributed by atoms with Crippen LogP contribution in [0.2, 0.25) is 5.15 Å². The van der Waals surface area contributed by atoms with E-state index in [-0.39, 0.29) is 23.1 Å². The van der Waals surface area contributed by atoms with Crippen molar-refractivity contribution in [2.24, 2.45) is 0 Å². The SMILES string of the molecule is COc1ccc(CN(c2ccccc2)c2nc(Cl)c(C#N)cc2F)c(OC)c1. The lowest BCUT2D eigenvalue weighted by Crippen LogP contribution is -2.20. The van der Waals surface area contributed by atoms with E-state index in [2.05, 4.69) is 4.98 Å². The van der Waals surface area contributed by atoms with Crippen molar-refractivity contribution in [3.05, 3.63) is 76.7 Å². The van der Waals surface area contributed by atoms with E-state index in [0.29, 0.717) is 17.2 Å². The Morgan fingerprint density at radius 2 is 1.86 bits per heavy atom. The molecule has 0 radical (unpaired) electrons. The molecule has 0 aliphatic rings. The average molecular weight is 398 g/mol. The zero-order valence-electron chi connectivity index (χ0n) is 15.3. The molecule has 0 atom stereocenters. The fourth-order valence-corrected chi connectivity index (χ4v) is 2.95. The Morgan fingerprint density at radius 3 is 2.50 bits per heavy atom.